The molecule has 88 valence electrons. The van der Waals surface area contributed by atoms with Crippen LogP contribution in [0.15, 0.2) is 11.4 Å². The molecule has 0 aliphatic rings. The van der Waals surface area contributed by atoms with E-state index in [0.717, 1.165) is 0 Å². The molecule has 0 aromatic carbocycles. The van der Waals surface area contributed by atoms with Crippen molar-refractivity contribution in [1.29, 1.82) is 0 Å². The minimum atomic E-state index is -0.419. The number of amides is 2. The minimum absolute atomic E-state index is 0.270. The largest absolute Gasteiger partial charge is 0.462 e. The summed E-state index contributed by atoms with van der Waals surface area (Å²) in [5.41, 5.74) is 0.391. The number of nitrogens with one attached hydrogen (secondary N) is 1. The molecule has 6 heteroatoms. The number of esters is 1. The van der Waals surface area contributed by atoms with Gasteiger partial charge in [-0.05, 0) is 18.4 Å². The predicted molar refractivity (Wildman–Crippen MR) is 63.0 cm³/mol. The van der Waals surface area contributed by atoms with E-state index in [9.17, 15) is 9.59 Å². The molecular weight excluding hydrogens is 228 g/mol. The summed E-state index contributed by atoms with van der Waals surface area (Å²) in [4.78, 5) is 24.3. The van der Waals surface area contributed by atoms with Crippen LogP contribution in [0.2, 0.25) is 0 Å². The number of carbonyl (C=O) groups is 2. The van der Waals surface area contributed by atoms with Crippen molar-refractivity contribution in [2.24, 2.45) is 0 Å². The second kappa shape index (κ2) is 5.50. The first kappa shape index (κ1) is 12.5. The van der Waals surface area contributed by atoms with Gasteiger partial charge in [0, 0.05) is 14.1 Å². The van der Waals surface area contributed by atoms with Crippen molar-refractivity contribution in [3.05, 3.63) is 17.0 Å². The van der Waals surface area contributed by atoms with Crippen LogP contribution in [0.1, 0.15) is 17.3 Å². The highest BCUT2D eigenvalue weighted by Gasteiger charge is 2.16. The average Bonchev–Trinajstić information content (AvgIpc) is 2.66. The normalized spacial score (nSPS) is 9.69. The van der Waals surface area contributed by atoms with Crippen molar-refractivity contribution in [1.82, 2.24) is 4.90 Å². The average molecular weight is 242 g/mol. The maximum atomic E-state index is 11.5. The van der Waals surface area contributed by atoms with Crippen molar-refractivity contribution in [3.8, 4) is 0 Å². The molecule has 5 nitrogen and oxygen atoms in total. The second-order valence-corrected chi connectivity index (χ2v) is 4.12. The molecule has 0 saturated heterocycles. The van der Waals surface area contributed by atoms with Crippen LogP contribution < -0.4 is 5.32 Å². The number of hydrogen-bond acceptors (Lipinski definition) is 4. The number of ether oxygens (including phenoxy) is 1. The zero-order chi connectivity index (χ0) is 12.1. The Balaban J connectivity index is 2.78. The molecule has 1 aromatic heterocycles. The highest BCUT2D eigenvalue weighted by atomic mass is 32.1. The Hall–Kier alpha value is -1.56. The first-order chi connectivity index (χ1) is 7.56. The molecule has 1 heterocycles. The van der Waals surface area contributed by atoms with E-state index in [2.05, 4.69) is 5.32 Å². The summed E-state index contributed by atoms with van der Waals surface area (Å²) < 4.78 is 4.87. The Morgan fingerprint density at radius 2 is 2.19 bits per heavy atom. The molecule has 0 spiro atoms. The van der Waals surface area contributed by atoms with Crippen LogP contribution >= 0.6 is 11.3 Å². The number of anilines is 1. The van der Waals surface area contributed by atoms with Crippen molar-refractivity contribution in [2.45, 2.75) is 6.92 Å². The second-order valence-electron chi connectivity index (χ2n) is 3.21. The van der Waals surface area contributed by atoms with Crippen molar-refractivity contribution in [3.63, 3.8) is 0 Å². The molecule has 1 rings (SSSR count). The molecule has 1 aromatic rings. The van der Waals surface area contributed by atoms with E-state index in [-0.39, 0.29) is 6.03 Å². The van der Waals surface area contributed by atoms with E-state index in [1.807, 2.05) is 0 Å². The van der Waals surface area contributed by atoms with Gasteiger partial charge in [0.2, 0.25) is 0 Å². The van der Waals surface area contributed by atoms with Gasteiger partial charge < -0.3 is 9.64 Å². The van der Waals surface area contributed by atoms with Gasteiger partial charge in [-0.1, -0.05) is 0 Å². The van der Waals surface area contributed by atoms with Crippen LogP contribution in [-0.2, 0) is 4.74 Å². The Bertz CT molecular complexity index is 387. The zero-order valence-corrected chi connectivity index (χ0v) is 10.3. The van der Waals surface area contributed by atoms with Crippen LogP contribution in [0.25, 0.3) is 0 Å². The van der Waals surface area contributed by atoms with Gasteiger partial charge in [-0.3, -0.25) is 5.32 Å². The van der Waals surface area contributed by atoms with E-state index >= 15 is 0 Å². The molecule has 0 atom stereocenters. The van der Waals surface area contributed by atoms with Crippen molar-refractivity contribution >= 4 is 28.3 Å². The van der Waals surface area contributed by atoms with Gasteiger partial charge in [0.25, 0.3) is 0 Å². The molecule has 0 bridgehead atoms. The topological polar surface area (TPSA) is 58.6 Å². The monoisotopic (exact) mass is 242 g/mol. The smallest absolute Gasteiger partial charge is 0.341 e. The summed E-state index contributed by atoms with van der Waals surface area (Å²) in [6.07, 6.45) is 0. The summed E-state index contributed by atoms with van der Waals surface area (Å²) >= 11 is 1.29. The molecule has 0 saturated carbocycles. The lowest BCUT2D eigenvalue weighted by atomic mass is 10.3. The quantitative estimate of drug-likeness (QED) is 0.825. The molecule has 0 aliphatic carbocycles. The van der Waals surface area contributed by atoms with E-state index in [1.54, 1.807) is 32.5 Å². The number of urea groups is 1. The van der Waals surface area contributed by atoms with Crippen molar-refractivity contribution < 1.29 is 14.3 Å². The lowest BCUT2D eigenvalue weighted by molar-refractivity contribution is 0.0528. The molecule has 16 heavy (non-hydrogen) atoms. The number of rotatable bonds is 3. The highest BCUT2D eigenvalue weighted by Crippen LogP contribution is 2.24. The highest BCUT2D eigenvalue weighted by molar-refractivity contribution is 7.14. The van der Waals surface area contributed by atoms with Crippen LogP contribution in [0.5, 0.6) is 0 Å². The van der Waals surface area contributed by atoms with Crippen LogP contribution in [0.3, 0.4) is 0 Å². The summed E-state index contributed by atoms with van der Waals surface area (Å²) in [5, 5.41) is 4.88. The van der Waals surface area contributed by atoms with Gasteiger partial charge in [-0.2, -0.15) is 0 Å². The number of nitrogens with zero attached hydrogens (tertiary/aromatic N) is 1. The predicted octanol–water partition coefficient (Wildman–Crippen LogP) is 2.02. The van der Waals surface area contributed by atoms with E-state index < -0.39 is 5.97 Å². The maximum absolute atomic E-state index is 11.5. The van der Waals surface area contributed by atoms with Gasteiger partial charge in [0.05, 0.1) is 12.2 Å². The first-order valence-electron chi connectivity index (χ1n) is 4.79. The third kappa shape index (κ3) is 2.96. The van der Waals surface area contributed by atoms with Gasteiger partial charge in [-0.25, -0.2) is 9.59 Å². The van der Waals surface area contributed by atoms with E-state index in [0.29, 0.717) is 17.2 Å². The van der Waals surface area contributed by atoms with Gasteiger partial charge in [0.1, 0.15) is 5.00 Å². The van der Waals surface area contributed by atoms with Gasteiger partial charge >= 0.3 is 12.0 Å². The van der Waals surface area contributed by atoms with Crippen LogP contribution in [-0.4, -0.2) is 37.6 Å². The Labute approximate surface area is 98.0 Å². The van der Waals surface area contributed by atoms with E-state index in [1.165, 1.54) is 16.2 Å². The minimum Gasteiger partial charge on any atom is -0.462 e. The number of hydrogen-bond donors (Lipinski definition) is 1. The standard InChI is InChI=1S/C10H14N2O3S/c1-4-15-9(13)7-5-6-16-8(7)11-10(14)12(2)3/h5-6H,4H2,1-3H3,(H,11,14). The lowest BCUT2D eigenvalue weighted by Crippen LogP contribution is -2.27. The third-order valence-corrected chi connectivity index (χ3v) is 2.62. The van der Waals surface area contributed by atoms with Crippen LogP contribution in [0.4, 0.5) is 9.80 Å². The Kier molecular flexibility index (Phi) is 4.30. The summed E-state index contributed by atoms with van der Waals surface area (Å²) in [6.45, 7) is 2.05. The summed E-state index contributed by atoms with van der Waals surface area (Å²) in [7, 11) is 3.26. The van der Waals surface area contributed by atoms with Gasteiger partial charge in [-0.15, -0.1) is 11.3 Å². The molecule has 0 radical (unpaired) electrons. The summed E-state index contributed by atoms with van der Waals surface area (Å²) in [5.74, 6) is -0.419. The Morgan fingerprint density at radius 1 is 1.50 bits per heavy atom. The third-order valence-electron chi connectivity index (χ3n) is 1.79. The maximum Gasteiger partial charge on any atom is 0.341 e. The molecule has 0 aliphatic heterocycles. The van der Waals surface area contributed by atoms with E-state index in [4.69, 9.17) is 4.74 Å². The Morgan fingerprint density at radius 3 is 2.75 bits per heavy atom. The lowest BCUT2D eigenvalue weighted by Gasteiger charge is -2.11. The zero-order valence-electron chi connectivity index (χ0n) is 9.44. The fraction of sp³-hybridized carbons (Fsp3) is 0.400. The van der Waals surface area contributed by atoms with Crippen LogP contribution in [0, 0.1) is 0 Å². The SMILES string of the molecule is CCOC(=O)c1ccsc1NC(=O)N(C)C. The fourth-order valence-corrected chi connectivity index (χ4v) is 1.75. The molecular formula is C10H14N2O3S. The molecule has 0 unspecified atom stereocenters. The molecule has 0 fully saturated rings. The van der Waals surface area contributed by atoms with Crippen molar-refractivity contribution in [2.75, 3.05) is 26.0 Å². The van der Waals surface area contributed by atoms with Gasteiger partial charge in [0.15, 0.2) is 0 Å². The number of thiophene rings is 1. The number of carbonyl (C=O) groups excluding carboxylic acids is 2. The summed E-state index contributed by atoms with van der Waals surface area (Å²) in [6, 6.07) is 1.36. The fourth-order valence-electron chi connectivity index (χ4n) is 0.985. The first-order valence-corrected chi connectivity index (χ1v) is 5.67. The molecule has 2 amide bonds. The molecule has 1 N–H and O–H groups in total.